The van der Waals surface area contributed by atoms with E-state index in [0.29, 0.717) is 11.0 Å². The molecular weight excluding hydrogens is 265 g/mol. The zero-order chi connectivity index (χ0) is 13.8. The molecule has 0 fully saturated rings. The van der Waals surface area contributed by atoms with Gasteiger partial charge in [-0.15, -0.1) is 0 Å². The van der Waals surface area contributed by atoms with Gasteiger partial charge in [-0.25, -0.2) is 4.39 Å². The maximum atomic E-state index is 13.5. The van der Waals surface area contributed by atoms with Crippen molar-refractivity contribution in [2.45, 2.75) is 26.3 Å². The van der Waals surface area contributed by atoms with E-state index in [1.54, 1.807) is 18.2 Å². The van der Waals surface area contributed by atoms with Crippen LogP contribution in [0.3, 0.4) is 0 Å². The summed E-state index contributed by atoms with van der Waals surface area (Å²) in [5, 5.41) is 3.70. The Hall–Kier alpha value is -1.32. The Morgan fingerprint density at radius 2 is 2.11 bits per heavy atom. The van der Waals surface area contributed by atoms with Gasteiger partial charge in [0.25, 0.3) is 0 Å². The van der Waals surface area contributed by atoms with Crippen LogP contribution in [0.25, 0.3) is 0 Å². The van der Waals surface area contributed by atoms with Crippen LogP contribution in [0.1, 0.15) is 36.3 Å². The van der Waals surface area contributed by atoms with E-state index in [4.69, 9.17) is 16.0 Å². The zero-order valence-electron chi connectivity index (χ0n) is 11.0. The second kappa shape index (κ2) is 6.22. The summed E-state index contributed by atoms with van der Waals surface area (Å²) in [6, 6.07) is 8.12. The standard InChI is InChI=1S/C15H17ClFNO/c1-3-8-18-15(13-6-7-14(16)19-13)12-9-11(17)5-4-10(12)2/h4-7,9,15,18H,3,8H2,1-2H3. The Bertz CT molecular complexity index is 553. The van der Waals surface area contributed by atoms with Crippen LogP contribution in [-0.4, -0.2) is 6.54 Å². The van der Waals surface area contributed by atoms with Gasteiger partial charge in [0, 0.05) is 0 Å². The molecule has 1 N–H and O–H groups in total. The quantitative estimate of drug-likeness (QED) is 0.875. The lowest BCUT2D eigenvalue weighted by Gasteiger charge is -2.19. The van der Waals surface area contributed by atoms with Crippen molar-refractivity contribution >= 4 is 11.6 Å². The molecule has 1 aromatic heterocycles. The lowest BCUT2D eigenvalue weighted by Crippen LogP contribution is -2.23. The van der Waals surface area contributed by atoms with Crippen LogP contribution >= 0.6 is 11.6 Å². The third-order valence-electron chi connectivity index (χ3n) is 3.03. The Morgan fingerprint density at radius 1 is 1.32 bits per heavy atom. The number of aryl methyl sites for hydroxylation is 1. The summed E-state index contributed by atoms with van der Waals surface area (Å²) in [5.41, 5.74) is 1.89. The number of hydrogen-bond acceptors (Lipinski definition) is 2. The van der Waals surface area contributed by atoms with Crippen LogP contribution in [0.4, 0.5) is 4.39 Å². The molecule has 0 saturated carbocycles. The largest absolute Gasteiger partial charge is 0.448 e. The minimum atomic E-state index is -0.249. The predicted molar refractivity (Wildman–Crippen MR) is 75.0 cm³/mol. The highest BCUT2D eigenvalue weighted by molar-refractivity contribution is 6.28. The molecule has 0 aliphatic rings. The van der Waals surface area contributed by atoms with Crippen molar-refractivity contribution in [2.24, 2.45) is 0 Å². The van der Waals surface area contributed by atoms with Crippen LogP contribution in [-0.2, 0) is 0 Å². The van der Waals surface area contributed by atoms with Crippen LogP contribution < -0.4 is 5.32 Å². The predicted octanol–water partition coefficient (Wildman–Crippen LogP) is 4.47. The minimum absolute atomic E-state index is 0.178. The number of nitrogens with one attached hydrogen (secondary N) is 1. The number of benzene rings is 1. The molecule has 2 nitrogen and oxygen atoms in total. The molecule has 1 aromatic carbocycles. The Kier molecular flexibility index (Phi) is 4.61. The Morgan fingerprint density at radius 3 is 2.74 bits per heavy atom. The van der Waals surface area contributed by atoms with Gasteiger partial charge in [0.15, 0.2) is 5.22 Å². The molecule has 2 rings (SSSR count). The first kappa shape index (κ1) is 14.1. The number of furan rings is 1. The molecule has 19 heavy (non-hydrogen) atoms. The molecule has 0 aliphatic carbocycles. The highest BCUT2D eigenvalue weighted by atomic mass is 35.5. The molecule has 1 unspecified atom stereocenters. The third-order valence-corrected chi connectivity index (χ3v) is 3.23. The van der Waals surface area contributed by atoms with Crippen LogP contribution in [0.2, 0.25) is 5.22 Å². The van der Waals surface area contributed by atoms with Gasteiger partial charge in [0.2, 0.25) is 0 Å². The van der Waals surface area contributed by atoms with E-state index in [9.17, 15) is 4.39 Å². The smallest absolute Gasteiger partial charge is 0.193 e. The molecule has 1 atom stereocenters. The molecule has 4 heteroatoms. The summed E-state index contributed by atoms with van der Waals surface area (Å²) < 4.78 is 18.9. The second-order valence-electron chi connectivity index (χ2n) is 4.53. The van der Waals surface area contributed by atoms with Gasteiger partial charge in [-0.1, -0.05) is 13.0 Å². The summed E-state index contributed by atoms with van der Waals surface area (Å²) >= 11 is 5.83. The van der Waals surface area contributed by atoms with Crippen molar-refractivity contribution in [3.63, 3.8) is 0 Å². The van der Waals surface area contributed by atoms with Crippen molar-refractivity contribution in [3.05, 3.63) is 58.3 Å². The van der Waals surface area contributed by atoms with E-state index in [1.807, 2.05) is 13.0 Å². The normalized spacial score (nSPS) is 12.6. The second-order valence-corrected chi connectivity index (χ2v) is 4.90. The number of hydrogen-bond donors (Lipinski definition) is 1. The maximum Gasteiger partial charge on any atom is 0.193 e. The number of halogens is 2. The van der Waals surface area contributed by atoms with E-state index in [2.05, 4.69) is 12.2 Å². The summed E-state index contributed by atoms with van der Waals surface area (Å²) in [7, 11) is 0. The van der Waals surface area contributed by atoms with Crippen molar-refractivity contribution in [2.75, 3.05) is 6.54 Å². The molecule has 102 valence electrons. The van der Waals surface area contributed by atoms with E-state index in [1.165, 1.54) is 6.07 Å². The van der Waals surface area contributed by atoms with Gasteiger partial charge in [-0.05, 0) is 66.9 Å². The van der Waals surface area contributed by atoms with Gasteiger partial charge in [-0.2, -0.15) is 0 Å². The fraction of sp³-hybridized carbons (Fsp3) is 0.333. The average Bonchev–Trinajstić information content (AvgIpc) is 2.80. The van der Waals surface area contributed by atoms with Crippen molar-refractivity contribution in [1.29, 1.82) is 0 Å². The van der Waals surface area contributed by atoms with E-state index in [-0.39, 0.29) is 11.9 Å². The van der Waals surface area contributed by atoms with Crippen molar-refractivity contribution < 1.29 is 8.81 Å². The Labute approximate surface area is 117 Å². The topological polar surface area (TPSA) is 25.2 Å². The first-order chi connectivity index (χ1) is 9.11. The molecule has 0 aliphatic heterocycles. The van der Waals surface area contributed by atoms with Gasteiger partial charge < -0.3 is 9.73 Å². The monoisotopic (exact) mass is 281 g/mol. The SMILES string of the molecule is CCCNC(c1ccc(Cl)o1)c1cc(F)ccc1C. The Balaban J connectivity index is 2.39. The number of rotatable bonds is 5. The maximum absolute atomic E-state index is 13.5. The summed E-state index contributed by atoms with van der Waals surface area (Å²) in [5.74, 6) is 0.453. The first-order valence-corrected chi connectivity index (χ1v) is 6.74. The molecule has 1 heterocycles. The van der Waals surface area contributed by atoms with Crippen molar-refractivity contribution in [3.8, 4) is 0 Å². The fourth-order valence-electron chi connectivity index (χ4n) is 2.06. The molecule has 0 amide bonds. The summed E-state index contributed by atoms with van der Waals surface area (Å²) in [6.07, 6.45) is 0.985. The molecule has 0 saturated heterocycles. The molecular formula is C15H17ClFNO. The van der Waals surface area contributed by atoms with E-state index >= 15 is 0 Å². The van der Waals surface area contributed by atoms with Crippen molar-refractivity contribution in [1.82, 2.24) is 5.32 Å². The van der Waals surface area contributed by atoms with Gasteiger partial charge >= 0.3 is 0 Å². The highest BCUT2D eigenvalue weighted by Crippen LogP contribution is 2.28. The van der Waals surface area contributed by atoms with Gasteiger partial charge in [-0.3, -0.25) is 0 Å². The third kappa shape index (κ3) is 3.37. The molecule has 0 bridgehead atoms. The van der Waals surface area contributed by atoms with Crippen LogP contribution in [0, 0.1) is 12.7 Å². The molecule has 0 radical (unpaired) electrons. The lowest BCUT2D eigenvalue weighted by molar-refractivity contribution is 0.446. The highest BCUT2D eigenvalue weighted by Gasteiger charge is 2.19. The summed E-state index contributed by atoms with van der Waals surface area (Å²) in [4.78, 5) is 0. The zero-order valence-corrected chi connectivity index (χ0v) is 11.8. The first-order valence-electron chi connectivity index (χ1n) is 6.36. The van der Waals surface area contributed by atoms with Gasteiger partial charge in [0.1, 0.15) is 11.6 Å². The minimum Gasteiger partial charge on any atom is -0.448 e. The van der Waals surface area contributed by atoms with E-state index in [0.717, 1.165) is 24.1 Å². The average molecular weight is 282 g/mol. The molecule has 0 spiro atoms. The molecule has 2 aromatic rings. The van der Waals surface area contributed by atoms with Gasteiger partial charge in [0.05, 0.1) is 6.04 Å². The van der Waals surface area contributed by atoms with E-state index < -0.39 is 0 Å². The van der Waals surface area contributed by atoms with Crippen LogP contribution in [0.15, 0.2) is 34.7 Å². The fourth-order valence-corrected chi connectivity index (χ4v) is 2.21. The van der Waals surface area contributed by atoms with Crippen LogP contribution in [0.5, 0.6) is 0 Å². The summed E-state index contributed by atoms with van der Waals surface area (Å²) in [6.45, 7) is 4.86. The lowest BCUT2D eigenvalue weighted by atomic mass is 9.99.